The Bertz CT molecular complexity index is 612. The average molecular weight is 286 g/mol. The number of rotatable bonds is 4. The zero-order chi connectivity index (χ0) is 14.7. The van der Waals surface area contributed by atoms with E-state index in [1.807, 2.05) is 35.0 Å². The maximum atomic E-state index is 12.3. The maximum Gasteiger partial charge on any atom is 0.253 e. The van der Waals surface area contributed by atoms with Gasteiger partial charge in [-0.2, -0.15) is 0 Å². The van der Waals surface area contributed by atoms with Crippen LogP contribution in [0.15, 0.2) is 43.0 Å². The smallest absolute Gasteiger partial charge is 0.253 e. The molecule has 6 heteroatoms. The second kappa shape index (κ2) is 6.07. The Balaban J connectivity index is 1.75. The molecule has 0 aliphatic carbocycles. The van der Waals surface area contributed by atoms with Crippen molar-refractivity contribution in [3.63, 3.8) is 0 Å². The van der Waals surface area contributed by atoms with Crippen molar-refractivity contribution >= 4 is 11.6 Å². The lowest BCUT2D eigenvalue weighted by Crippen LogP contribution is -2.30. The minimum atomic E-state index is -0.422. The molecule has 1 fully saturated rings. The summed E-state index contributed by atoms with van der Waals surface area (Å²) >= 11 is 0. The van der Waals surface area contributed by atoms with Crippen LogP contribution < -0.4 is 11.1 Å². The molecule has 21 heavy (non-hydrogen) atoms. The molecule has 1 amide bonds. The van der Waals surface area contributed by atoms with Gasteiger partial charge in [-0.15, -0.1) is 0 Å². The summed E-state index contributed by atoms with van der Waals surface area (Å²) in [5.74, 6) is -0.126. The van der Waals surface area contributed by atoms with Gasteiger partial charge >= 0.3 is 0 Å². The number of imidazole rings is 1. The van der Waals surface area contributed by atoms with Crippen LogP contribution in [-0.4, -0.2) is 34.2 Å². The van der Waals surface area contributed by atoms with Crippen LogP contribution in [0.2, 0.25) is 0 Å². The first kappa shape index (κ1) is 13.8. The third-order valence-electron chi connectivity index (χ3n) is 3.61. The SMILES string of the molecule is NCC1CCC(C(=O)Nc2ccccc2-n2ccnc2)O1. The molecule has 2 unspecified atom stereocenters. The Morgan fingerprint density at radius 3 is 3.00 bits per heavy atom. The van der Waals surface area contributed by atoms with Crippen molar-refractivity contribution in [2.75, 3.05) is 11.9 Å². The Kier molecular flexibility index (Phi) is 3.98. The highest BCUT2D eigenvalue weighted by molar-refractivity contribution is 5.96. The maximum absolute atomic E-state index is 12.3. The van der Waals surface area contributed by atoms with Crippen LogP contribution in [0.5, 0.6) is 0 Å². The van der Waals surface area contributed by atoms with E-state index in [9.17, 15) is 4.79 Å². The standard InChI is InChI=1S/C15H18N4O2/c16-9-11-5-6-14(21-11)15(20)18-12-3-1-2-4-13(12)19-8-7-17-10-19/h1-4,7-8,10-11,14H,5-6,9,16H2,(H,18,20). The first-order valence-electron chi connectivity index (χ1n) is 7.01. The number of benzene rings is 1. The van der Waals surface area contributed by atoms with Crippen LogP contribution in [0.1, 0.15) is 12.8 Å². The predicted octanol–water partition coefficient (Wildman–Crippen LogP) is 1.32. The molecule has 1 saturated heterocycles. The average Bonchev–Trinajstić information content (AvgIpc) is 3.19. The molecule has 0 saturated carbocycles. The van der Waals surface area contributed by atoms with Gasteiger partial charge in [-0.05, 0) is 25.0 Å². The van der Waals surface area contributed by atoms with Crippen molar-refractivity contribution in [3.8, 4) is 5.69 Å². The number of anilines is 1. The topological polar surface area (TPSA) is 82.2 Å². The summed E-state index contributed by atoms with van der Waals surface area (Å²) in [5.41, 5.74) is 7.18. The molecule has 1 aromatic heterocycles. The third-order valence-corrected chi connectivity index (χ3v) is 3.61. The highest BCUT2D eigenvalue weighted by atomic mass is 16.5. The van der Waals surface area contributed by atoms with Crippen molar-refractivity contribution < 1.29 is 9.53 Å². The number of carbonyl (C=O) groups is 1. The van der Waals surface area contributed by atoms with Crippen molar-refractivity contribution in [2.24, 2.45) is 5.73 Å². The number of nitrogens with one attached hydrogen (secondary N) is 1. The molecular formula is C15H18N4O2. The van der Waals surface area contributed by atoms with Crippen molar-refractivity contribution in [3.05, 3.63) is 43.0 Å². The van der Waals surface area contributed by atoms with E-state index >= 15 is 0 Å². The molecule has 0 bridgehead atoms. The lowest BCUT2D eigenvalue weighted by Gasteiger charge is -2.15. The molecule has 0 spiro atoms. The zero-order valence-corrected chi connectivity index (χ0v) is 11.6. The van der Waals surface area contributed by atoms with E-state index in [0.717, 1.165) is 17.8 Å². The molecular weight excluding hydrogens is 268 g/mol. The van der Waals surface area contributed by atoms with Gasteiger partial charge in [-0.3, -0.25) is 4.79 Å². The number of nitrogens with two attached hydrogens (primary N) is 1. The predicted molar refractivity (Wildman–Crippen MR) is 79.1 cm³/mol. The van der Waals surface area contributed by atoms with Gasteiger partial charge in [0.25, 0.3) is 5.91 Å². The first-order chi connectivity index (χ1) is 10.3. The van der Waals surface area contributed by atoms with Crippen LogP contribution in [-0.2, 0) is 9.53 Å². The van der Waals surface area contributed by atoms with E-state index in [4.69, 9.17) is 10.5 Å². The highest BCUT2D eigenvalue weighted by Crippen LogP contribution is 2.23. The zero-order valence-electron chi connectivity index (χ0n) is 11.6. The first-order valence-corrected chi connectivity index (χ1v) is 7.01. The number of ether oxygens (including phenoxy) is 1. The van der Waals surface area contributed by atoms with E-state index < -0.39 is 6.10 Å². The van der Waals surface area contributed by atoms with Gasteiger partial charge in [0, 0.05) is 18.9 Å². The quantitative estimate of drug-likeness (QED) is 0.888. The molecule has 110 valence electrons. The number of nitrogens with zero attached hydrogens (tertiary/aromatic N) is 2. The molecule has 3 rings (SSSR count). The summed E-state index contributed by atoms with van der Waals surface area (Å²) in [6, 6.07) is 7.59. The van der Waals surface area contributed by atoms with E-state index in [1.165, 1.54) is 0 Å². The number of hydrogen-bond acceptors (Lipinski definition) is 4. The third kappa shape index (κ3) is 2.96. The van der Waals surface area contributed by atoms with Crippen LogP contribution in [0, 0.1) is 0 Å². The van der Waals surface area contributed by atoms with Crippen LogP contribution in [0.25, 0.3) is 5.69 Å². The van der Waals surface area contributed by atoms with Crippen molar-refractivity contribution in [1.82, 2.24) is 9.55 Å². The molecule has 6 nitrogen and oxygen atoms in total. The summed E-state index contributed by atoms with van der Waals surface area (Å²) in [6.07, 6.45) is 6.34. The number of aromatic nitrogens is 2. The van der Waals surface area contributed by atoms with Gasteiger partial charge in [-0.25, -0.2) is 4.98 Å². The molecule has 2 aromatic rings. The minimum Gasteiger partial charge on any atom is -0.364 e. The number of para-hydroxylation sites is 2. The van der Waals surface area contributed by atoms with Gasteiger partial charge in [-0.1, -0.05) is 12.1 Å². The van der Waals surface area contributed by atoms with E-state index in [-0.39, 0.29) is 12.0 Å². The lowest BCUT2D eigenvalue weighted by molar-refractivity contribution is -0.126. The summed E-state index contributed by atoms with van der Waals surface area (Å²) in [5, 5.41) is 2.93. The molecule has 2 atom stereocenters. The monoisotopic (exact) mass is 286 g/mol. The van der Waals surface area contributed by atoms with E-state index in [0.29, 0.717) is 13.0 Å². The normalized spacial score (nSPS) is 21.4. The van der Waals surface area contributed by atoms with E-state index in [2.05, 4.69) is 10.3 Å². The van der Waals surface area contributed by atoms with Gasteiger partial charge in [0.15, 0.2) is 0 Å². The molecule has 0 radical (unpaired) electrons. The Hall–Kier alpha value is -2.18. The number of amides is 1. The Labute approximate surface area is 122 Å². The molecule has 2 heterocycles. The van der Waals surface area contributed by atoms with E-state index in [1.54, 1.807) is 12.5 Å². The summed E-state index contributed by atoms with van der Waals surface area (Å²) in [7, 11) is 0. The number of carbonyl (C=O) groups excluding carboxylic acids is 1. The van der Waals surface area contributed by atoms with Crippen LogP contribution >= 0.6 is 0 Å². The fourth-order valence-electron chi connectivity index (χ4n) is 2.49. The number of hydrogen-bond donors (Lipinski definition) is 2. The molecule has 1 aliphatic rings. The molecule has 3 N–H and O–H groups in total. The van der Waals surface area contributed by atoms with Gasteiger partial charge < -0.3 is 20.4 Å². The second-order valence-electron chi connectivity index (χ2n) is 5.04. The van der Waals surface area contributed by atoms with Crippen LogP contribution in [0.3, 0.4) is 0 Å². The van der Waals surface area contributed by atoms with Crippen LogP contribution in [0.4, 0.5) is 5.69 Å². The Morgan fingerprint density at radius 2 is 2.29 bits per heavy atom. The largest absolute Gasteiger partial charge is 0.364 e. The Morgan fingerprint density at radius 1 is 1.43 bits per heavy atom. The minimum absolute atomic E-state index is 0.00959. The van der Waals surface area contributed by atoms with Gasteiger partial charge in [0.2, 0.25) is 0 Å². The summed E-state index contributed by atoms with van der Waals surface area (Å²) < 4.78 is 7.47. The van der Waals surface area contributed by atoms with Gasteiger partial charge in [0.1, 0.15) is 6.10 Å². The van der Waals surface area contributed by atoms with Crippen molar-refractivity contribution in [2.45, 2.75) is 25.0 Å². The van der Waals surface area contributed by atoms with Crippen molar-refractivity contribution in [1.29, 1.82) is 0 Å². The summed E-state index contributed by atoms with van der Waals surface area (Å²) in [6.45, 7) is 0.454. The molecule has 1 aliphatic heterocycles. The second-order valence-corrected chi connectivity index (χ2v) is 5.04. The highest BCUT2D eigenvalue weighted by Gasteiger charge is 2.30. The lowest BCUT2D eigenvalue weighted by atomic mass is 10.2. The fourth-order valence-corrected chi connectivity index (χ4v) is 2.49. The summed E-state index contributed by atoms with van der Waals surface area (Å²) in [4.78, 5) is 16.3. The molecule has 1 aromatic carbocycles. The van der Waals surface area contributed by atoms with Gasteiger partial charge in [0.05, 0.1) is 23.8 Å². The fraction of sp³-hybridized carbons (Fsp3) is 0.333.